The number of hydrogen-bond donors (Lipinski definition) is 0. The lowest BCUT2D eigenvalue weighted by Gasteiger charge is -2.25. The van der Waals surface area contributed by atoms with Crippen LogP contribution in [0, 0.1) is 18.4 Å². The number of benzene rings is 1. The molecule has 0 radical (unpaired) electrons. The number of hydrogen-bond acceptors (Lipinski definition) is 5. The van der Waals surface area contributed by atoms with Crippen LogP contribution in [0.3, 0.4) is 0 Å². The van der Waals surface area contributed by atoms with E-state index in [0.29, 0.717) is 5.17 Å². The van der Waals surface area contributed by atoms with E-state index in [1.807, 2.05) is 6.92 Å². The second kappa shape index (κ2) is 10.1. The third kappa shape index (κ3) is 5.43. The fourth-order valence-corrected chi connectivity index (χ4v) is 3.49. The summed E-state index contributed by atoms with van der Waals surface area (Å²) >= 11 is 1.34. The summed E-state index contributed by atoms with van der Waals surface area (Å²) in [5.74, 6) is 0. The summed E-state index contributed by atoms with van der Waals surface area (Å²) in [4.78, 5) is 15.2. The first-order valence-corrected chi connectivity index (χ1v) is 10.0. The Balaban J connectivity index is 2.21. The summed E-state index contributed by atoms with van der Waals surface area (Å²) in [6, 6.07) is 6.46. The predicted molar refractivity (Wildman–Crippen MR) is 114 cm³/mol. The summed E-state index contributed by atoms with van der Waals surface area (Å²) in [6.45, 7) is 10.6. The number of unbranched alkanes of at least 4 members (excludes halogenated alkanes) is 2. The van der Waals surface area contributed by atoms with Gasteiger partial charge >= 0.3 is 0 Å². The van der Waals surface area contributed by atoms with Gasteiger partial charge in [0.1, 0.15) is 5.04 Å². The first kappa shape index (κ1) is 20.2. The van der Waals surface area contributed by atoms with Crippen molar-refractivity contribution in [3.05, 3.63) is 23.8 Å². The molecule has 1 aliphatic heterocycles. The van der Waals surface area contributed by atoms with Crippen molar-refractivity contribution in [1.82, 2.24) is 0 Å². The van der Waals surface area contributed by atoms with Gasteiger partial charge in [-0.05, 0) is 62.2 Å². The van der Waals surface area contributed by atoms with E-state index in [1.165, 1.54) is 43.1 Å². The van der Waals surface area contributed by atoms with Crippen molar-refractivity contribution in [2.24, 2.45) is 15.0 Å². The number of thioether (sulfide) groups is 1. The minimum absolute atomic E-state index is 0.461. The van der Waals surface area contributed by atoms with Gasteiger partial charge in [0, 0.05) is 18.8 Å². The molecule has 0 saturated heterocycles. The van der Waals surface area contributed by atoms with Gasteiger partial charge in [-0.1, -0.05) is 26.7 Å². The van der Waals surface area contributed by atoms with Crippen LogP contribution in [0.2, 0.25) is 0 Å². The number of aryl methyl sites for hydroxylation is 1. The number of amidine groups is 1. The highest BCUT2D eigenvalue weighted by molar-refractivity contribution is 8.28. The van der Waals surface area contributed by atoms with Crippen molar-refractivity contribution in [2.75, 3.05) is 18.0 Å². The molecule has 0 bridgehead atoms. The van der Waals surface area contributed by atoms with Crippen LogP contribution in [0.4, 0.5) is 11.4 Å². The molecule has 0 atom stereocenters. The number of anilines is 1. The van der Waals surface area contributed by atoms with Crippen LogP contribution in [-0.2, 0) is 0 Å². The SMILES string of the molecule is CCCCN(CCCC)c1ccc(N=C2SC(=NC#N)N=C2C)c(C)c1. The molecule has 138 valence electrons. The molecule has 1 aromatic rings. The van der Waals surface area contributed by atoms with Crippen LogP contribution in [0.1, 0.15) is 52.0 Å². The fraction of sp³-hybridized carbons (Fsp3) is 0.500. The van der Waals surface area contributed by atoms with Gasteiger partial charge in [-0.15, -0.1) is 4.99 Å². The monoisotopic (exact) mass is 369 g/mol. The largest absolute Gasteiger partial charge is 0.372 e. The first-order valence-electron chi connectivity index (χ1n) is 9.23. The Morgan fingerprint density at radius 1 is 1.15 bits per heavy atom. The first-order chi connectivity index (χ1) is 12.6. The Morgan fingerprint density at radius 3 is 2.42 bits per heavy atom. The van der Waals surface area contributed by atoms with Crippen molar-refractivity contribution >= 4 is 39.1 Å². The molecule has 26 heavy (non-hydrogen) atoms. The van der Waals surface area contributed by atoms with E-state index in [2.05, 4.69) is 53.9 Å². The average Bonchev–Trinajstić information content (AvgIpc) is 2.96. The Bertz CT molecular complexity index is 750. The van der Waals surface area contributed by atoms with Gasteiger partial charge in [0.2, 0.25) is 11.4 Å². The molecule has 1 heterocycles. The molecule has 0 spiro atoms. The van der Waals surface area contributed by atoms with E-state index in [1.54, 1.807) is 6.19 Å². The third-order valence-corrected chi connectivity index (χ3v) is 5.18. The normalized spacial score (nSPS) is 16.8. The van der Waals surface area contributed by atoms with E-state index >= 15 is 0 Å². The zero-order chi connectivity index (χ0) is 18.9. The number of nitriles is 1. The van der Waals surface area contributed by atoms with Gasteiger partial charge in [0.05, 0.1) is 11.4 Å². The molecule has 5 nitrogen and oxygen atoms in total. The lowest BCUT2D eigenvalue weighted by molar-refractivity contribution is 0.678. The maximum atomic E-state index is 8.67. The number of rotatable bonds is 8. The molecule has 0 N–H and O–H groups in total. The molecular formula is C20H27N5S. The van der Waals surface area contributed by atoms with Gasteiger partial charge < -0.3 is 4.90 Å². The van der Waals surface area contributed by atoms with Gasteiger partial charge in [0.15, 0.2) is 0 Å². The third-order valence-electron chi connectivity index (χ3n) is 4.24. The van der Waals surface area contributed by atoms with Crippen LogP contribution in [0.15, 0.2) is 33.2 Å². The molecule has 0 aliphatic carbocycles. The summed E-state index contributed by atoms with van der Waals surface area (Å²) in [5.41, 5.74) is 4.16. The Labute approximate surface area is 160 Å². The van der Waals surface area contributed by atoms with Crippen molar-refractivity contribution in [3.8, 4) is 6.19 Å². The minimum atomic E-state index is 0.461. The Morgan fingerprint density at radius 2 is 1.85 bits per heavy atom. The minimum Gasteiger partial charge on any atom is -0.372 e. The van der Waals surface area contributed by atoms with Gasteiger partial charge in [-0.25, -0.2) is 9.98 Å². The summed E-state index contributed by atoms with van der Waals surface area (Å²) in [5, 5.41) is 9.94. The Kier molecular flexibility index (Phi) is 7.86. The van der Waals surface area contributed by atoms with Crippen LogP contribution >= 0.6 is 11.8 Å². The zero-order valence-electron chi connectivity index (χ0n) is 16.1. The molecule has 0 amide bonds. The van der Waals surface area contributed by atoms with Crippen LogP contribution in [0.5, 0.6) is 0 Å². The second-order valence-corrected chi connectivity index (χ2v) is 7.33. The molecular weight excluding hydrogens is 342 g/mol. The van der Waals surface area contributed by atoms with E-state index < -0.39 is 0 Å². The molecule has 1 aliphatic rings. The van der Waals surface area contributed by atoms with Gasteiger partial charge in [-0.2, -0.15) is 5.26 Å². The quantitative estimate of drug-likeness (QED) is 0.570. The van der Waals surface area contributed by atoms with Crippen LogP contribution in [-0.4, -0.2) is 29.0 Å². The van der Waals surface area contributed by atoms with Crippen LogP contribution < -0.4 is 4.90 Å². The molecule has 0 fully saturated rings. The molecule has 0 aromatic heterocycles. The van der Waals surface area contributed by atoms with Gasteiger partial charge in [0.25, 0.3) is 0 Å². The summed E-state index contributed by atoms with van der Waals surface area (Å²) in [6.07, 6.45) is 6.60. The molecule has 6 heteroatoms. The number of aliphatic imine (C=N–C) groups is 3. The number of nitrogens with zero attached hydrogens (tertiary/aromatic N) is 5. The van der Waals surface area contributed by atoms with Crippen molar-refractivity contribution in [1.29, 1.82) is 5.26 Å². The smallest absolute Gasteiger partial charge is 0.208 e. The topological polar surface area (TPSA) is 64.1 Å². The summed E-state index contributed by atoms with van der Waals surface area (Å²) < 4.78 is 0. The maximum Gasteiger partial charge on any atom is 0.208 e. The van der Waals surface area contributed by atoms with Crippen molar-refractivity contribution in [2.45, 2.75) is 53.4 Å². The predicted octanol–water partition coefficient (Wildman–Crippen LogP) is 5.48. The van der Waals surface area contributed by atoms with Crippen LogP contribution in [0.25, 0.3) is 0 Å². The van der Waals surface area contributed by atoms with E-state index in [-0.39, 0.29) is 0 Å². The van der Waals surface area contributed by atoms with Crippen molar-refractivity contribution in [3.63, 3.8) is 0 Å². The average molecular weight is 370 g/mol. The Hall–Kier alpha value is -2.13. The molecule has 2 rings (SSSR count). The highest BCUT2D eigenvalue weighted by Crippen LogP contribution is 2.28. The lowest BCUT2D eigenvalue weighted by atomic mass is 10.1. The van der Waals surface area contributed by atoms with E-state index in [9.17, 15) is 0 Å². The standard InChI is InChI=1S/C20H27N5S/c1-5-7-11-25(12-8-6-2)17-9-10-18(15(3)13-17)24-19-16(4)23-20(26-19)22-14-21/h9-10,13H,5-8,11-12H2,1-4H3. The zero-order valence-corrected chi connectivity index (χ0v) is 16.9. The van der Waals surface area contributed by atoms with Crippen molar-refractivity contribution < 1.29 is 0 Å². The summed E-state index contributed by atoms with van der Waals surface area (Å²) in [7, 11) is 0. The van der Waals surface area contributed by atoms with E-state index in [0.717, 1.165) is 35.1 Å². The second-order valence-electron chi connectivity index (χ2n) is 6.38. The van der Waals surface area contributed by atoms with Gasteiger partial charge in [-0.3, -0.25) is 0 Å². The molecule has 1 aromatic carbocycles. The fourth-order valence-electron chi connectivity index (χ4n) is 2.71. The maximum absolute atomic E-state index is 8.67. The van der Waals surface area contributed by atoms with E-state index in [4.69, 9.17) is 10.3 Å². The molecule has 0 unspecified atom stereocenters. The molecule has 0 saturated carbocycles. The lowest BCUT2D eigenvalue weighted by Crippen LogP contribution is -2.25. The highest BCUT2D eigenvalue weighted by Gasteiger charge is 2.18. The highest BCUT2D eigenvalue weighted by atomic mass is 32.2.